The lowest BCUT2D eigenvalue weighted by Crippen LogP contribution is -2.45. The Kier molecular flexibility index (Phi) is 4.30. The quantitative estimate of drug-likeness (QED) is 0.858. The smallest absolute Gasteiger partial charge is 0.315 e. The lowest BCUT2D eigenvalue weighted by atomic mass is 9.73. The van der Waals surface area contributed by atoms with Crippen LogP contribution in [0.5, 0.6) is 11.5 Å². The number of rotatable bonds is 5. The van der Waals surface area contributed by atoms with Crippen molar-refractivity contribution in [2.24, 2.45) is 5.41 Å². The number of benzene rings is 1. The largest absolute Gasteiger partial charge is 0.497 e. The van der Waals surface area contributed by atoms with Gasteiger partial charge < -0.3 is 19.1 Å². The zero-order chi connectivity index (χ0) is 19.2. The van der Waals surface area contributed by atoms with Gasteiger partial charge in [-0.15, -0.1) is 10.2 Å². The number of methoxy groups -OCH3 is 1. The normalized spacial score (nSPS) is 24.4. The SMILES string of the molecule is COc1ccc2c(c1)OC[C@]1(C(=O)O)CN(Cc3nncn3C(C)C)C[C@H]21. The van der Waals surface area contributed by atoms with Crippen LogP contribution in [0.3, 0.4) is 0 Å². The summed E-state index contributed by atoms with van der Waals surface area (Å²) in [7, 11) is 1.61. The Bertz CT molecular complexity index is 865. The number of hydrogen-bond acceptors (Lipinski definition) is 6. The third-order valence-corrected chi connectivity index (χ3v) is 5.69. The highest BCUT2D eigenvalue weighted by Crippen LogP contribution is 2.50. The van der Waals surface area contributed by atoms with Gasteiger partial charge in [0.1, 0.15) is 35.7 Å². The van der Waals surface area contributed by atoms with Crippen LogP contribution in [0, 0.1) is 5.41 Å². The Morgan fingerprint density at radius 3 is 3.00 bits per heavy atom. The maximum atomic E-state index is 12.2. The fourth-order valence-electron chi connectivity index (χ4n) is 4.22. The summed E-state index contributed by atoms with van der Waals surface area (Å²) in [5.41, 5.74) is -0.0261. The highest BCUT2D eigenvalue weighted by atomic mass is 16.5. The monoisotopic (exact) mass is 372 g/mol. The van der Waals surface area contributed by atoms with E-state index in [0.717, 1.165) is 11.4 Å². The summed E-state index contributed by atoms with van der Waals surface area (Å²) in [6.07, 6.45) is 1.72. The Morgan fingerprint density at radius 1 is 1.48 bits per heavy atom. The molecule has 0 aliphatic carbocycles. The maximum absolute atomic E-state index is 12.2. The average Bonchev–Trinajstić information content (AvgIpc) is 3.26. The van der Waals surface area contributed by atoms with E-state index in [1.807, 2.05) is 22.8 Å². The van der Waals surface area contributed by atoms with Crippen LogP contribution in [0.15, 0.2) is 24.5 Å². The van der Waals surface area contributed by atoms with Crippen molar-refractivity contribution in [1.82, 2.24) is 19.7 Å². The van der Waals surface area contributed by atoms with Crippen molar-refractivity contribution < 1.29 is 19.4 Å². The maximum Gasteiger partial charge on any atom is 0.315 e. The molecule has 1 aromatic heterocycles. The summed E-state index contributed by atoms with van der Waals surface area (Å²) in [4.78, 5) is 14.4. The summed E-state index contributed by atoms with van der Waals surface area (Å²) in [6, 6.07) is 5.87. The van der Waals surface area contributed by atoms with Gasteiger partial charge in [0.2, 0.25) is 0 Å². The van der Waals surface area contributed by atoms with Crippen molar-refractivity contribution in [1.29, 1.82) is 0 Å². The Balaban J connectivity index is 1.65. The first-order valence-corrected chi connectivity index (χ1v) is 9.09. The van der Waals surface area contributed by atoms with Crippen LogP contribution < -0.4 is 9.47 Å². The second-order valence-electron chi connectivity index (χ2n) is 7.62. The molecule has 4 rings (SSSR count). The molecule has 8 heteroatoms. The van der Waals surface area contributed by atoms with E-state index in [1.165, 1.54) is 0 Å². The summed E-state index contributed by atoms with van der Waals surface area (Å²) < 4.78 is 13.2. The van der Waals surface area contributed by atoms with E-state index in [0.29, 0.717) is 31.1 Å². The van der Waals surface area contributed by atoms with Crippen LogP contribution >= 0.6 is 0 Å². The molecular weight excluding hydrogens is 348 g/mol. The zero-order valence-electron chi connectivity index (χ0n) is 15.8. The fourth-order valence-corrected chi connectivity index (χ4v) is 4.22. The second-order valence-corrected chi connectivity index (χ2v) is 7.62. The Hall–Kier alpha value is -2.61. The van der Waals surface area contributed by atoms with Crippen molar-refractivity contribution in [2.75, 3.05) is 26.8 Å². The first-order valence-electron chi connectivity index (χ1n) is 9.09. The van der Waals surface area contributed by atoms with Crippen LogP contribution in [0.1, 0.15) is 37.2 Å². The lowest BCUT2D eigenvalue weighted by Gasteiger charge is -2.36. The van der Waals surface area contributed by atoms with E-state index in [-0.39, 0.29) is 18.6 Å². The third-order valence-electron chi connectivity index (χ3n) is 5.69. The fraction of sp³-hybridized carbons (Fsp3) is 0.526. The zero-order valence-corrected chi connectivity index (χ0v) is 15.8. The lowest BCUT2D eigenvalue weighted by molar-refractivity contribution is -0.151. The number of ether oxygens (including phenoxy) is 2. The number of likely N-dealkylation sites (tertiary alicyclic amines) is 1. The molecule has 0 unspecified atom stereocenters. The van der Waals surface area contributed by atoms with E-state index in [9.17, 15) is 9.90 Å². The van der Waals surface area contributed by atoms with Crippen molar-refractivity contribution in [2.45, 2.75) is 32.4 Å². The van der Waals surface area contributed by atoms with Gasteiger partial charge in [-0.25, -0.2) is 0 Å². The molecule has 1 N–H and O–H groups in total. The van der Waals surface area contributed by atoms with Gasteiger partial charge in [-0.05, 0) is 19.9 Å². The van der Waals surface area contributed by atoms with Gasteiger partial charge in [-0.2, -0.15) is 0 Å². The number of hydrogen-bond donors (Lipinski definition) is 1. The van der Waals surface area contributed by atoms with Crippen molar-refractivity contribution in [3.63, 3.8) is 0 Å². The van der Waals surface area contributed by atoms with Crippen LogP contribution in [0.4, 0.5) is 0 Å². The predicted molar refractivity (Wildman–Crippen MR) is 97.0 cm³/mol. The molecule has 27 heavy (non-hydrogen) atoms. The number of aromatic nitrogens is 3. The van der Waals surface area contributed by atoms with Crippen LogP contribution in [-0.2, 0) is 11.3 Å². The molecule has 1 aromatic carbocycles. The van der Waals surface area contributed by atoms with E-state index in [2.05, 4.69) is 28.9 Å². The molecule has 3 heterocycles. The van der Waals surface area contributed by atoms with Crippen molar-refractivity contribution in [3.8, 4) is 11.5 Å². The number of aliphatic carboxylic acids is 1. The number of nitrogens with zero attached hydrogens (tertiary/aromatic N) is 4. The van der Waals surface area contributed by atoms with E-state index in [4.69, 9.17) is 9.47 Å². The summed E-state index contributed by atoms with van der Waals surface area (Å²) >= 11 is 0. The predicted octanol–water partition coefficient (Wildman–Crippen LogP) is 1.93. The third kappa shape index (κ3) is 2.84. The first kappa shape index (κ1) is 17.8. The highest BCUT2D eigenvalue weighted by molar-refractivity contribution is 5.78. The molecule has 0 radical (unpaired) electrons. The van der Waals surface area contributed by atoms with Gasteiger partial charge in [-0.1, -0.05) is 6.07 Å². The standard InChI is InChI=1S/C19H24N4O4/c1-12(2)23-11-20-21-17(23)8-22-7-15-14-5-4-13(26-3)6-16(14)27-10-19(15,9-22)18(24)25/h4-6,11-12,15H,7-10H2,1-3H3,(H,24,25)/t15-,19-/m1/s1. The second kappa shape index (κ2) is 6.53. The van der Waals surface area contributed by atoms with Crippen LogP contribution in [0.2, 0.25) is 0 Å². The van der Waals surface area contributed by atoms with Gasteiger partial charge in [0.15, 0.2) is 0 Å². The molecule has 144 valence electrons. The Morgan fingerprint density at radius 2 is 2.30 bits per heavy atom. The molecule has 2 atom stereocenters. The van der Waals surface area contributed by atoms with Gasteiger partial charge in [0.05, 0.1) is 13.7 Å². The van der Waals surface area contributed by atoms with E-state index >= 15 is 0 Å². The van der Waals surface area contributed by atoms with Crippen molar-refractivity contribution >= 4 is 5.97 Å². The molecule has 0 spiro atoms. The summed E-state index contributed by atoms with van der Waals surface area (Å²) in [5.74, 6) is 1.31. The minimum Gasteiger partial charge on any atom is -0.497 e. The van der Waals surface area contributed by atoms with Crippen LogP contribution in [0.25, 0.3) is 0 Å². The molecule has 2 aromatic rings. The van der Waals surface area contributed by atoms with E-state index < -0.39 is 11.4 Å². The van der Waals surface area contributed by atoms with Gasteiger partial charge >= 0.3 is 5.97 Å². The highest BCUT2D eigenvalue weighted by Gasteiger charge is 2.56. The van der Waals surface area contributed by atoms with Gasteiger partial charge in [-0.3, -0.25) is 9.69 Å². The number of carboxylic acids is 1. The minimum atomic E-state index is -0.954. The van der Waals surface area contributed by atoms with Gasteiger partial charge in [0, 0.05) is 36.7 Å². The number of carbonyl (C=O) groups is 1. The molecule has 0 amide bonds. The molecule has 2 aliphatic heterocycles. The molecule has 0 bridgehead atoms. The van der Waals surface area contributed by atoms with Crippen molar-refractivity contribution in [3.05, 3.63) is 35.9 Å². The number of fused-ring (bicyclic) bond motifs is 3. The van der Waals surface area contributed by atoms with Crippen LogP contribution in [-0.4, -0.2) is 57.5 Å². The molecular formula is C19H24N4O4. The molecule has 8 nitrogen and oxygen atoms in total. The minimum absolute atomic E-state index is 0.139. The Labute approximate surface area is 157 Å². The molecule has 1 fully saturated rings. The summed E-state index contributed by atoms with van der Waals surface area (Å²) in [5, 5.41) is 18.3. The van der Waals surface area contributed by atoms with E-state index in [1.54, 1.807) is 13.4 Å². The topological polar surface area (TPSA) is 89.7 Å². The molecule has 1 saturated heterocycles. The van der Waals surface area contributed by atoms with Gasteiger partial charge in [0.25, 0.3) is 0 Å². The molecule has 0 saturated carbocycles. The summed E-state index contributed by atoms with van der Waals surface area (Å²) in [6.45, 7) is 5.93. The first-order chi connectivity index (χ1) is 12.9. The number of carboxylic acid groups (broad SMARTS) is 1. The average molecular weight is 372 g/mol. The molecule has 2 aliphatic rings.